The van der Waals surface area contributed by atoms with Crippen LogP contribution in [0, 0.1) is 5.92 Å². The Balaban J connectivity index is 1.83. The molecule has 12 heavy (non-hydrogen) atoms. The van der Waals surface area contributed by atoms with E-state index in [2.05, 4.69) is 11.8 Å². The van der Waals surface area contributed by atoms with E-state index in [0.29, 0.717) is 0 Å². The molecule has 0 aromatic heterocycles. The molecular formula is C9H17NOS. The SMILES string of the molecule is CC(C1CC1)N1CCS(=O)CC1. The molecule has 0 radical (unpaired) electrons. The minimum Gasteiger partial charge on any atom is -0.299 e. The first kappa shape index (κ1) is 8.70. The monoisotopic (exact) mass is 187 g/mol. The highest BCUT2D eigenvalue weighted by Crippen LogP contribution is 2.35. The maximum absolute atomic E-state index is 11.1. The van der Waals surface area contributed by atoms with Crippen LogP contribution in [-0.4, -0.2) is 39.7 Å². The fourth-order valence-corrected chi connectivity index (χ4v) is 3.02. The molecule has 1 aliphatic heterocycles. The molecule has 1 heterocycles. The lowest BCUT2D eigenvalue weighted by Gasteiger charge is -2.31. The van der Waals surface area contributed by atoms with Crippen molar-refractivity contribution in [2.24, 2.45) is 5.92 Å². The summed E-state index contributed by atoms with van der Waals surface area (Å²) in [7, 11) is -0.512. The normalized spacial score (nSPS) is 30.4. The van der Waals surface area contributed by atoms with Gasteiger partial charge in [0.25, 0.3) is 0 Å². The minimum atomic E-state index is -0.512. The highest BCUT2D eigenvalue weighted by atomic mass is 32.2. The van der Waals surface area contributed by atoms with Crippen LogP contribution in [0.3, 0.4) is 0 Å². The van der Waals surface area contributed by atoms with Crippen LogP contribution in [0.4, 0.5) is 0 Å². The largest absolute Gasteiger partial charge is 0.299 e. The molecule has 1 saturated carbocycles. The fraction of sp³-hybridized carbons (Fsp3) is 1.00. The summed E-state index contributed by atoms with van der Waals surface area (Å²) in [4.78, 5) is 2.51. The van der Waals surface area contributed by atoms with E-state index in [0.717, 1.165) is 36.6 Å². The lowest BCUT2D eigenvalue weighted by molar-refractivity contribution is 0.207. The van der Waals surface area contributed by atoms with E-state index >= 15 is 0 Å². The highest BCUT2D eigenvalue weighted by molar-refractivity contribution is 7.85. The molecule has 3 heteroatoms. The van der Waals surface area contributed by atoms with Gasteiger partial charge in [-0.1, -0.05) is 0 Å². The van der Waals surface area contributed by atoms with Crippen molar-refractivity contribution in [1.29, 1.82) is 0 Å². The molecule has 0 N–H and O–H groups in total. The van der Waals surface area contributed by atoms with Gasteiger partial charge >= 0.3 is 0 Å². The molecule has 1 aliphatic carbocycles. The van der Waals surface area contributed by atoms with Crippen molar-refractivity contribution >= 4 is 10.8 Å². The topological polar surface area (TPSA) is 20.3 Å². The molecule has 2 nitrogen and oxygen atoms in total. The average Bonchev–Trinajstić information content (AvgIpc) is 2.87. The lowest BCUT2D eigenvalue weighted by Crippen LogP contribution is -2.43. The number of nitrogens with zero attached hydrogens (tertiary/aromatic N) is 1. The summed E-state index contributed by atoms with van der Waals surface area (Å²) in [6, 6.07) is 0.752. The lowest BCUT2D eigenvalue weighted by atomic mass is 10.2. The quantitative estimate of drug-likeness (QED) is 0.639. The van der Waals surface area contributed by atoms with Gasteiger partial charge in [-0.25, -0.2) is 0 Å². The van der Waals surface area contributed by atoms with Gasteiger partial charge in [0, 0.05) is 41.4 Å². The molecule has 0 aromatic carbocycles. The van der Waals surface area contributed by atoms with Crippen LogP contribution in [0.15, 0.2) is 0 Å². The van der Waals surface area contributed by atoms with E-state index < -0.39 is 10.8 Å². The predicted molar refractivity (Wildman–Crippen MR) is 51.6 cm³/mol. The van der Waals surface area contributed by atoms with Gasteiger partial charge in [0.1, 0.15) is 0 Å². The summed E-state index contributed by atoms with van der Waals surface area (Å²) in [6.45, 7) is 4.44. The molecule has 0 spiro atoms. The van der Waals surface area contributed by atoms with Crippen LogP contribution < -0.4 is 0 Å². The van der Waals surface area contributed by atoms with Crippen molar-refractivity contribution in [3.8, 4) is 0 Å². The molecule has 0 aromatic rings. The van der Waals surface area contributed by atoms with Gasteiger partial charge < -0.3 is 0 Å². The Morgan fingerprint density at radius 1 is 1.33 bits per heavy atom. The Labute approximate surface area is 76.8 Å². The smallest absolute Gasteiger partial charge is 0.0363 e. The van der Waals surface area contributed by atoms with Gasteiger partial charge in [-0.05, 0) is 25.7 Å². The van der Waals surface area contributed by atoms with E-state index in [9.17, 15) is 4.21 Å². The molecule has 2 fully saturated rings. The zero-order chi connectivity index (χ0) is 8.55. The van der Waals surface area contributed by atoms with Crippen molar-refractivity contribution in [3.63, 3.8) is 0 Å². The summed E-state index contributed by atoms with van der Waals surface area (Å²) in [6.07, 6.45) is 2.83. The molecular weight excluding hydrogens is 170 g/mol. The van der Waals surface area contributed by atoms with E-state index in [-0.39, 0.29) is 0 Å². The zero-order valence-corrected chi connectivity index (χ0v) is 8.48. The first-order chi connectivity index (χ1) is 5.77. The third kappa shape index (κ3) is 1.88. The Hall–Kier alpha value is 0.110. The molecule has 70 valence electrons. The summed E-state index contributed by atoms with van der Waals surface area (Å²) >= 11 is 0. The van der Waals surface area contributed by atoms with E-state index in [1.54, 1.807) is 0 Å². The van der Waals surface area contributed by atoms with E-state index in [4.69, 9.17) is 0 Å². The third-order valence-corrected chi connectivity index (χ3v) is 4.37. The molecule has 1 saturated heterocycles. The van der Waals surface area contributed by atoms with Crippen molar-refractivity contribution in [2.75, 3.05) is 24.6 Å². The van der Waals surface area contributed by atoms with Crippen LogP contribution in [0.5, 0.6) is 0 Å². The van der Waals surface area contributed by atoms with Gasteiger partial charge in [0.05, 0.1) is 0 Å². The maximum Gasteiger partial charge on any atom is 0.0363 e. The predicted octanol–water partition coefficient (Wildman–Crippen LogP) is 0.849. The number of hydrogen-bond acceptors (Lipinski definition) is 2. The molecule has 1 unspecified atom stereocenters. The molecule has 0 bridgehead atoms. The summed E-state index contributed by atoms with van der Waals surface area (Å²) in [5.74, 6) is 2.75. The van der Waals surface area contributed by atoms with Gasteiger partial charge in [-0.3, -0.25) is 9.11 Å². The van der Waals surface area contributed by atoms with E-state index in [1.807, 2.05) is 0 Å². The molecule has 2 aliphatic rings. The molecule has 0 amide bonds. The Kier molecular flexibility index (Phi) is 2.51. The first-order valence-electron chi connectivity index (χ1n) is 4.86. The summed E-state index contributed by atoms with van der Waals surface area (Å²) in [5, 5.41) is 0. The zero-order valence-electron chi connectivity index (χ0n) is 7.66. The maximum atomic E-state index is 11.1. The Bertz CT molecular complexity index is 181. The van der Waals surface area contributed by atoms with Crippen molar-refractivity contribution in [1.82, 2.24) is 4.90 Å². The Morgan fingerprint density at radius 3 is 2.42 bits per heavy atom. The second-order valence-electron chi connectivity index (χ2n) is 3.96. The van der Waals surface area contributed by atoms with Gasteiger partial charge in [-0.15, -0.1) is 0 Å². The van der Waals surface area contributed by atoms with Crippen LogP contribution in [0.1, 0.15) is 19.8 Å². The van der Waals surface area contributed by atoms with Gasteiger partial charge in [-0.2, -0.15) is 0 Å². The van der Waals surface area contributed by atoms with Crippen LogP contribution in [0.25, 0.3) is 0 Å². The van der Waals surface area contributed by atoms with Crippen molar-refractivity contribution in [2.45, 2.75) is 25.8 Å². The fourth-order valence-electron chi connectivity index (χ4n) is 1.94. The van der Waals surface area contributed by atoms with Crippen LogP contribution in [-0.2, 0) is 10.8 Å². The summed E-state index contributed by atoms with van der Waals surface area (Å²) in [5.41, 5.74) is 0. The average molecular weight is 187 g/mol. The number of hydrogen-bond donors (Lipinski definition) is 0. The van der Waals surface area contributed by atoms with E-state index in [1.165, 1.54) is 12.8 Å². The van der Waals surface area contributed by atoms with Crippen LogP contribution in [0.2, 0.25) is 0 Å². The Morgan fingerprint density at radius 2 is 1.92 bits per heavy atom. The number of rotatable bonds is 2. The minimum absolute atomic E-state index is 0.512. The third-order valence-electron chi connectivity index (χ3n) is 3.09. The first-order valence-corrected chi connectivity index (χ1v) is 6.35. The van der Waals surface area contributed by atoms with Crippen molar-refractivity contribution < 1.29 is 4.21 Å². The highest BCUT2D eigenvalue weighted by Gasteiger charge is 2.32. The van der Waals surface area contributed by atoms with Gasteiger partial charge in [0.2, 0.25) is 0 Å². The molecule has 2 rings (SSSR count). The second kappa shape index (κ2) is 3.46. The molecule has 1 atom stereocenters. The summed E-state index contributed by atoms with van der Waals surface area (Å²) < 4.78 is 11.1. The standard InChI is InChI=1S/C9H17NOS/c1-8(9-2-3-9)10-4-6-12(11)7-5-10/h8-9H,2-7H2,1H3. The van der Waals surface area contributed by atoms with Gasteiger partial charge in [0.15, 0.2) is 0 Å². The second-order valence-corrected chi connectivity index (χ2v) is 5.66. The van der Waals surface area contributed by atoms with Crippen molar-refractivity contribution in [3.05, 3.63) is 0 Å². The van der Waals surface area contributed by atoms with Crippen LogP contribution >= 0.6 is 0 Å².